The minimum atomic E-state index is -6.70. The highest BCUT2D eigenvalue weighted by atomic mass is 127. The van der Waals surface area contributed by atoms with Crippen LogP contribution in [0.5, 0.6) is 0 Å². The van der Waals surface area contributed by atoms with Gasteiger partial charge in [0, 0.05) is 9.26 Å². The summed E-state index contributed by atoms with van der Waals surface area (Å²) >= 11 is 1.78. The summed E-state index contributed by atoms with van der Waals surface area (Å²) in [6.45, 7) is 0. The zero-order valence-corrected chi connectivity index (χ0v) is 13.6. The van der Waals surface area contributed by atoms with Crippen LogP contribution < -0.4 is 5.32 Å². The molecule has 1 heterocycles. The van der Waals surface area contributed by atoms with Crippen LogP contribution in [0.1, 0.15) is 0 Å². The van der Waals surface area contributed by atoms with Crippen LogP contribution in [-0.2, 0) is 9.53 Å². The van der Waals surface area contributed by atoms with Crippen molar-refractivity contribution in [2.75, 3.05) is 5.32 Å². The molecule has 3 nitrogen and oxygen atoms in total. The van der Waals surface area contributed by atoms with Crippen LogP contribution in [0.4, 0.5) is 45.2 Å². The van der Waals surface area contributed by atoms with Crippen molar-refractivity contribution >= 4 is 34.2 Å². The third-order valence-corrected chi connectivity index (χ3v) is 3.94. The number of rotatable bonds is 3. The second-order valence-electron chi connectivity index (χ2n) is 4.90. The number of hydrogen-bond acceptors (Lipinski definition) is 2. The molecular formula is C12H5F9INO2. The Balaban J connectivity index is 2.40. The Morgan fingerprint density at radius 3 is 1.84 bits per heavy atom. The predicted molar refractivity (Wildman–Crippen MR) is 72.5 cm³/mol. The van der Waals surface area contributed by atoms with E-state index in [1.807, 2.05) is 0 Å². The first-order valence-corrected chi connectivity index (χ1v) is 7.15. The highest BCUT2D eigenvalue weighted by molar-refractivity contribution is 14.1. The van der Waals surface area contributed by atoms with Crippen molar-refractivity contribution in [1.82, 2.24) is 0 Å². The van der Waals surface area contributed by atoms with Gasteiger partial charge in [0.1, 0.15) is 0 Å². The van der Waals surface area contributed by atoms with Crippen molar-refractivity contribution in [3.63, 3.8) is 0 Å². The molecule has 0 radical (unpaired) electrons. The van der Waals surface area contributed by atoms with Crippen LogP contribution in [0, 0.1) is 3.57 Å². The van der Waals surface area contributed by atoms with Crippen LogP contribution in [0.2, 0.25) is 0 Å². The van der Waals surface area contributed by atoms with Crippen LogP contribution in [0.25, 0.3) is 0 Å². The molecule has 1 aliphatic heterocycles. The molecule has 13 heteroatoms. The van der Waals surface area contributed by atoms with Gasteiger partial charge in [0.05, 0.1) is 0 Å². The van der Waals surface area contributed by atoms with E-state index < -0.39 is 41.3 Å². The Hall–Kier alpha value is -1.25. The smallest absolute Gasteiger partial charge is 0.321 e. The van der Waals surface area contributed by atoms with Crippen molar-refractivity contribution in [1.29, 1.82) is 0 Å². The second-order valence-corrected chi connectivity index (χ2v) is 6.14. The van der Waals surface area contributed by atoms with Gasteiger partial charge < -0.3 is 5.32 Å². The lowest BCUT2D eigenvalue weighted by atomic mass is 9.99. The molecule has 0 aliphatic carbocycles. The number of hydrogen-bond donors (Lipinski definition) is 1. The minimum Gasteiger partial charge on any atom is -0.321 e. The third kappa shape index (κ3) is 2.65. The molecule has 1 saturated heterocycles. The van der Waals surface area contributed by atoms with E-state index in [1.54, 1.807) is 22.6 Å². The fourth-order valence-corrected chi connectivity index (χ4v) is 2.20. The number of anilines is 1. The molecule has 0 bridgehead atoms. The van der Waals surface area contributed by atoms with E-state index in [2.05, 4.69) is 4.74 Å². The van der Waals surface area contributed by atoms with Crippen molar-refractivity contribution < 1.29 is 49.0 Å². The summed E-state index contributed by atoms with van der Waals surface area (Å²) in [7, 11) is 0. The first-order valence-electron chi connectivity index (χ1n) is 6.07. The number of alkyl halides is 9. The molecule has 1 amide bonds. The number of benzene rings is 1. The first-order chi connectivity index (χ1) is 11.1. The molecule has 0 spiro atoms. The summed E-state index contributed by atoms with van der Waals surface area (Å²) in [6.07, 6.45) is -6.27. The molecule has 1 N–H and O–H groups in total. The lowest BCUT2D eigenvalue weighted by Crippen LogP contribution is -2.63. The summed E-state index contributed by atoms with van der Waals surface area (Å²) in [4.78, 5) is 11.4. The molecule has 2 rings (SSSR count). The standard InChI is InChI=1S/C12H5F9INO2/c13-8(14,7(24)23-6-3-1-5(22)2-4-6)11(19)9(15,16)10(17,18)12(20,21)25-11/h1-4H,(H,23,24). The van der Waals surface area contributed by atoms with E-state index in [0.717, 1.165) is 12.1 Å². The maximum absolute atomic E-state index is 13.9. The minimum absolute atomic E-state index is 0.450. The lowest BCUT2D eigenvalue weighted by Gasteiger charge is -2.31. The molecule has 1 aromatic carbocycles. The van der Waals surface area contributed by atoms with Crippen molar-refractivity contribution in [3.05, 3.63) is 27.8 Å². The Morgan fingerprint density at radius 1 is 0.960 bits per heavy atom. The van der Waals surface area contributed by atoms with Gasteiger partial charge in [-0.05, 0) is 46.9 Å². The van der Waals surface area contributed by atoms with Crippen molar-refractivity contribution in [2.24, 2.45) is 0 Å². The quantitative estimate of drug-likeness (QED) is 0.501. The van der Waals surface area contributed by atoms with Gasteiger partial charge in [-0.3, -0.25) is 9.53 Å². The van der Waals surface area contributed by atoms with Gasteiger partial charge >= 0.3 is 35.6 Å². The van der Waals surface area contributed by atoms with Gasteiger partial charge in [-0.15, -0.1) is 0 Å². The number of nitrogens with one attached hydrogen (secondary N) is 1. The fourth-order valence-electron chi connectivity index (χ4n) is 1.84. The van der Waals surface area contributed by atoms with E-state index in [4.69, 9.17) is 0 Å². The second kappa shape index (κ2) is 5.62. The molecule has 1 fully saturated rings. The Bertz CT molecular complexity index is 694. The fraction of sp³-hybridized carbons (Fsp3) is 0.417. The van der Waals surface area contributed by atoms with E-state index in [0.29, 0.717) is 3.57 Å². The molecule has 1 atom stereocenters. The molecule has 140 valence electrons. The van der Waals surface area contributed by atoms with Gasteiger partial charge in [0.25, 0.3) is 0 Å². The van der Waals surface area contributed by atoms with Gasteiger partial charge in [0.2, 0.25) is 0 Å². The highest BCUT2D eigenvalue weighted by Crippen LogP contribution is 2.64. The predicted octanol–water partition coefficient (Wildman–Crippen LogP) is 4.42. The van der Waals surface area contributed by atoms with Crippen LogP contribution in [-0.4, -0.2) is 35.6 Å². The van der Waals surface area contributed by atoms with Crippen LogP contribution >= 0.6 is 22.6 Å². The SMILES string of the molecule is O=C(Nc1ccc(I)cc1)C(F)(F)C1(F)OC(F)(F)C(F)(F)C1(F)F. The largest absolute Gasteiger partial charge is 0.428 e. The normalized spacial score (nSPS) is 27.1. The van der Waals surface area contributed by atoms with Crippen LogP contribution in [0.15, 0.2) is 24.3 Å². The topological polar surface area (TPSA) is 38.3 Å². The molecule has 1 unspecified atom stereocenters. The number of amides is 1. The number of carbonyl (C=O) groups is 1. The molecule has 1 aliphatic rings. The monoisotopic (exact) mass is 493 g/mol. The average Bonchev–Trinajstić information content (AvgIpc) is 2.57. The van der Waals surface area contributed by atoms with Crippen molar-refractivity contribution in [2.45, 2.75) is 29.7 Å². The lowest BCUT2D eigenvalue weighted by molar-refractivity contribution is -0.366. The molecule has 0 aromatic heterocycles. The summed E-state index contributed by atoms with van der Waals surface area (Å²) in [5, 5.41) is 1.27. The third-order valence-electron chi connectivity index (χ3n) is 3.22. The van der Waals surface area contributed by atoms with Crippen LogP contribution in [0.3, 0.4) is 0 Å². The number of carbonyl (C=O) groups excluding carboxylic acids is 1. The Labute approximate surface area is 146 Å². The number of ether oxygens (including phenoxy) is 1. The average molecular weight is 493 g/mol. The Morgan fingerprint density at radius 2 is 1.44 bits per heavy atom. The maximum atomic E-state index is 13.9. The van der Waals surface area contributed by atoms with Gasteiger partial charge in [-0.25, -0.2) is 0 Å². The first kappa shape index (κ1) is 20.1. The molecular weight excluding hydrogens is 488 g/mol. The van der Waals surface area contributed by atoms with E-state index in [-0.39, 0.29) is 0 Å². The van der Waals surface area contributed by atoms with Gasteiger partial charge in [-0.2, -0.15) is 39.5 Å². The summed E-state index contributed by atoms with van der Waals surface area (Å²) < 4.78 is 123. The Kier molecular flexibility index (Phi) is 4.51. The molecule has 0 saturated carbocycles. The zero-order valence-electron chi connectivity index (χ0n) is 11.4. The summed E-state index contributed by atoms with van der Waals surface area (Å²) in [6, 6.07) is 4.53. The van der Waals surface area contributed by atoms with E-state index in [1.165, 1.54) is 17.4 Å². The molecule has 25 heavy (non-hydrogen) atoms. The van der Waals surface area contributed by atoms with Gasteiger partial charge in [0.15, 0.2) is 0 Å². The van der Waals surface area contributed by atoms with E-state index in [9.17, 15) is 44.3 Å². The number of halogens is 10. The van der Waals surface area contributed by atoms with Crippen molar-refractivity contribution in [3.8, 4) is 0 Å². The molecule has 1 aromatic rings. The maximum Gasteiger partial charge on any atom is 0.428 e. The summed E-state index contributed by atoms with van der Waals surface area (Å²) in [5.41, 5.74) is -0.450. The zero-order chi connectivity index (χ0) is 19.5. The van der Waals surface area contributed by atoms with Gasteiger partial charge in [-0.1, -0.05) is 0 Å². The summed E-state index contributed by atoms with van der Waals surface area (Å²) in [5.74, 6) is -28.5. The highest BCUT2D eigenvalue weighted by Gasteiger charge is 2.96. The van der Waals surface area contributed by atoms with E-state index >= 15 is 0 Å².